The lowest BCUT2D eigenvalue weighted by Crippen LogP contribution is -2.35. The summed E-state index contributed by atoms with van der Waals surface area (Å²) >= 11 is 0. The van der Waals surface area contributed by atoms with Gasteiger partial charge in [0.25, 0.3) is 5.82 Å². The zero-order chi connectivity index (χ0) is 30.1. The molecular weight excluding hydrogens is 508 g/mol. The number of imidazole rings is 1. The summed E-state index contributed by atoms with van der Waals surface area (Å²) in [6.07, 6.45) is 2.40. The van der Waals surface area contributed by atoms with Crippen LogP contribution in [0.15, 0.2) is 97.2 Å². The molecule has 0 aliphatic heterocycles. The van der Waals surface area contributed by atoms with Gasteiger partial charge in [-0.05, 0) is 42.7 Å². The first-order valence-electron chi connectivity index (χ1n) is 15.7. The molecule has 1 heterocycles. The molecule has 42 heavy (non-hydrogen) atoms. The highest BCUT2D eigenvalue weighted by atomic mass is 15.2. The maximum absolute atomic E-state index is 2.58. The topological polar surface area (TPSA) is 8.81 Å². The van der Waals surface area contributed by atoms with Crippen LogP contribution in [0.4, 0.5) is 0 Å². The fourth-order valence-electron chi connectivity index (χ4n) is 6.20. The predicted octanol–water partition coefficient (Wildman–Crippen LogP) is 10.9. The molecule has 0 spiro atoms. The Bertz CT molecular complexity index is 1610. The summed E-state index contributed by atoms with van der Waals surface area (Å²) < 4.78 is 5.09. The predicted molar refractivity (Wildman–Crippen MR) is 179 cm³/mol. The molecule has 2 heteroatoms. The summed E-state index contributed by atoms with van der Waals surface area (Å²) in [6, 6.07) is 33.8. The third kappa shape index (κ3) is 5.48. The van der Waals surface area contributed by atoms with Crippen LogP contribution in [0.25, 0.3) is 34.0 Å². The Morgan fingerprint density at radius 3 is 1.45 bits per heavy atom. The zero-order valence-corrected chi connectivity index (χ0v) is 26.9. The van der Waals surface area contributed by atoms with E-state index in [1.54, 1.807) is 0 Å². The first kappa shape index (κ1) is 29.6. The Labute approximate surface area is 253 Å². The van der Waals surface area contributed by atoms with Crippen LogP contribution in [-0.2, 0) is 0 Å². The van der Waals surface area contributed by atoms with Crippen molar-refractivity contribution in [1.82, 2.24) is 4.57 Å². The molecule has 0 atom stereocenters. The molecule has 4 aromatic carbocycles. The van der Waals surface area contributed by atoms with E-state index in [1.165, 1.54) is 61.8 Å². The molecule has 0 aliphatic carbocycles. The van der Waals surface area contributed by atoms with E-state index in [1.807, 2.05) is 0 Å². The van der Waals surface area contributed by atoms with Gasteiger partial charge in [-0.3, -0.25) is 0 Å². The first-order chi connectivity index (χ1) is 20.1. The Kier molecular flexibility index (Phi) is 8.55. The zero-order valence-electron chi connectivity index (χ0n) is 26.9. The normalized spacial score (nSPS) is 11.8. The molecule has 0 N–H and O–H groups in total. The fraction of sp³-hybridized carbons (Fsp3) is 0.325. The van der Waals surface area contributed by atoms with Crippen LogP contribution in [0, 0.1) is 6.92 Å². The van der Waals surface area contributed by atoms with Crippen molar-refractivity contribution in [3.63, 3.8) is 0 Å². The van der Waals surface area contributed by atoms with E-state index in [9.17, 15) is 0 Å². The lowest BCUT2D eigenvalue weighted by molar-refractivity contribution is -0.583. The van der Waals surface area contributed by atoms with Crippen LogP contribution < -0.4 is 4.57 Å². The Morgan fingerprint density at radius 2 is 0.976 bits per heavy atom. The maximum Gasteiger partial charge on any atom is 0.299 e. The lowest BCUT2D eigenvalue weighted by atomic mass is 9.91. The van der Waals surface area contributed by atoms with Crippen molar-refractivity contribution in [2.24, 2.45) is 0 Å². The lowest BCUT2D eigenvalue weighted by Gasteiger charge is -2.20. The highest BCUT2D eigenvalue weighted by molar-refractivity contribution is 5.71. The van der Waals surface area contributed by atoms with E-state index in [-0.39, 0.29) is 0 Å². The molecule has 1 aromatic heterocycles. The van der Waals surface area contributed by atoms with Crippen molar-refractivity contribution in [3.05, 3.63) is 125 Å². The molecule has 216 valence electrons. The van der Waals surface area contributed by atoms with Crippen LogP contribution in [0.3, 0.4) is 0 Å². The minimum absolute atomic E-state index is 0.373. The number of nitrogens with zero attached hydrogens (tertiary/aromatic N) is 2. The Hall–Kier alpha value is -3.91. The van der Waals surface area contributed by atoms with Gasteiger partial charge in [-0.2, -0.15) is 9.13 Å². The fourth-order valence-corrected chi connectivity index (χ4v) is 6.20. The van der Waals surface area contributed by atoms with E-state index < -0.39 is 0 Å². The molecule has 0 amide bonds. The Morgan fingerprint density at radius 1 is 0.500 bits per heavy atom. The molecule has 0 saturated heterocycles. The average molecular weight is 556 g/mol. The smallest absolute Gasteiger partial charge is 0.194 e. The third-order valence-electron chi connectivity index (χ3n) is 8.46. The minimum Gasteiger partial charge on any atom is -0.194 e. The van der Waals surface area contributed by atoms with Crippen LogP contribution in [0.2, 0.25) is 0 Å². The number of para-hydroxylation sites is 2. The second kappa shape index (κ2) is 12.1. The quantitative estimate of drug-likeness (QED) is 0.168. The van der Waals surface area contributed by atoms with Crippen molar-refractivity contribution in [3.8, 4) is 34.0 Å². The van der Waals surface area contributed by atoms with Crippen LogP contribution >= 0.6 is 0 Å². The van der Waals surface area contributed by atoms with Gasteiger partial charge >= 0.3 is 0 Å². The molecule has 0 fully saturated rings. The van der Waals surface area contributed by atoms with Gasteiger partial charge in [-0.25, -0.2) is 0 Å². The number of hydrogen-bond donors (Lipinski definition) is 0. The van der Waals surface area contributed by atoms with Crippen LogP contribution in [-0.4, -0.2) is 4.57 Å². The van der Waals surface area contributed by atoms with E-state index in [4.69, 9.17) is 0 Å². The molecule has 0 unspecified atom stereocenters. The molecule has 0 aliphatic rings. The number of rotatable bonds is 8. The highest BCUT2D eigenvalue weighted by Gasteiger charge is 2.34. The molecule has 0 radical (unpaired) electrons. The second-order valence-electron chi connectivity index (χ2n) is 13.0. The van der Waals surface area contributed by atoms with Crippen molar-refractivity contribution >= 4 is 0 Å². The summed E-state index contributed by atoms with van der Waals surface area (Å²) in [5.41, 5.74) is 13.0. The number of aromatic nitrogens is 2. The monoisotopic (exact) mass is 555 g/mol. The average Bonchev–Trinajstić information content (AvgIpc) is 3.36. The van der Waals surface area contributed by atoms with Gasteiger partial charge in [-0.15, -0.1) is 0 Å². The SMILES string of the molecule is Cc1ccc(-c2c[n+](-c3c(C(C)C)cccc3C(C)C)c(-c3ccccc3)n2-c2c(C(C)C)cccc2C(C)C)cc1. The Balaban J connectivity index is 2.05. The van der Waals surface area contributed by atoms with Crippen molar-refractivity contribution in [1.29, 1.82) is 0 Å². The van der Waals surface area contributed by atoms with Gasteiger partial charge in [0.1, 0.15) is 17.6 Å². The molecule has 0 saturated carbocycles. The number of hydrogen-bond acceptors (Lipinski definition) is 0. The summed E-state index contributed by atoms with van der Waals surface area (Å²) in [5, 5.41) is 0. The van der Waals surface area contributed by atoms with Gasteiger partial charge < -0.3 is 0 Å². The summed E-state index contributed by atoms with van der Waals surface area (Å²) in [5.74, 6) is 2.71. The van der Waals surface area contributed by atoms with Crippen LogP contribution in [0.1, 0.15) is 107 Å². The van der Waals surface area contributed by atoms with E-state index >= 15 is 0 Å². The van der Waals surface area contributed by atoms with Crippen LogP contribution in [0.5, 0.6) is 0 Å². The van der Waals surface area contributed by atoms with Gasteiger partial charge in [-0.1, -0.05) is 140 Å². The summed E-state index contributed by atoms with van der Waals surface area (Å²) in [7, 11) is 0. The van der Waals surface area contributed by atoms with E-state index in [0.717, 1.165) is 0 Å². The second-order valence-corrected chi connectivity index (χ2v) is 13.0. The summed E-state index contributed by atoms with van der Waals surface area (Å²) in [4.78, 5) is 0. The number of benzene rings is 4. The standard InChI is InChI=1S/C40H47N2/c1-26(2)33-17-13-18-34(27(3)4)38(33)41-25-37(31-23-21-30(9)22-24-31)42(40(41)32-15-11-10-12-16-32)39-35(28(5)6)19-14-20-36(39)29(7)8/h10-29H,1-9H3/q+1. The van der Waals surface area contributed by atoms with Crippen molar-refractivity contribution in [2.45, 2.75) is 86.0 Å². The van der Waals surface area contributed by atoms with Gasteiger partial charge in [0.05, 0.1) is 5.56 Å². The number of aryl methyl sites for hydroxylation is 1. The van der Waals surface area contributed by atoms with E-state index in [2.05, 4.69) is 169 Å². The van der Waals surface area contributed by atoms with Gasteiger partial charge in [0, 0.05) is 27.8 Å². The maximum atomic E-state index is 2.58. The first-order valence-corrected chi connectivity index (χ1v) is 15.7. The van der Waals surface area contributed by atoms with Gasteiger partial charge in [0.15, 0.2) is 5.69 Å². The minimum atomic E-state index is 0.373. The van der Waals surface area contributed by atoms with Crippen molar-refractivity contribution < 1.29 is 4.57 Å². The van der Waals surface area contributed by atoms with E-state index in [0.29, 0.717) is 23.7 Å². The molecule has 0 bridgehead atoms. The largest absolute Gasteiger partial charge is 0.299 e. The molecule has 5 rings (SSSR count). The third-order valence-corrected chi connectivity index (χ3v) is 8.46. The summed E-state index contributed by atoms with van der Waals surface area (Å²) in [6.45, 7) is 20.7. The molecule has 5 aromatic rings. The molecular formula is C40H47N2+. The van der Waals surface area contributed by atoms with Gasteiger partial charge in [0.2, 0.25) is 0 Å². The van der Waals surface area contributed by atoms with Crippen molar-refractivity contribution in [2.75, 3.05) is 0 Å². The highest BCUT2D eigenvalue weighted by Crippen LogP contribution is 2.39. The molecule has 2 nitrogen and oxygen atoms in total.